The Morgan fingerprint density at radius 2 is 1.71 bits per heavy atom. The molecule has 0 atom stereocenters. The van der Waals surface area contributed by atoms with Crippen molar-refractivity contribution < 1.29 is 14.7 Å². The molecule has 0 aliphatic carbocycles. The fourth-order valence-electron chi connectivity index (χ4n) is 1.94. The lowest BCUT2D eigenvalue weighted by Gasteiger charge is -2.25. The lowest BCUT2D eigenvalue weighted by atomic mass is 9.84. The van der Waals surface area contributed by atoms with E-state index in [1.54, 1.807) is 11.9 Å². The molecular weight excluding hydrogens is 270 g/mol. The molecule has 0 aromatic carbocycles. The topological polar surface area (TPSA) is 72.9 Å². The Balaban J connectivity index is 3.88. The number of carbonyl (C=O) groups is 2. The van der Waals surface area contributed by atoms with E-state index in [0.717, 1.165) is 25.9 Å². The van der Waals surface area contributed by atoms with E-state index < -0.39 is 5.97 Å². The van der Waals surface area contributed by atoms with Crippen molar-refractivity contribution >= 4 is 12.0 Å². The predicted molar refractivity (Wildman–Crippen MR) is 84.5 cm³/mol. The number of carbonyl (C=O) groups excluding carboxylic acids is 1. The van der Waals surface area contributed by atoms with Gasteiger partial charge >= 0.3 is 12.0 Å². The van der Waals surface area contributed by atoms with Crippen LogP contribution in [0.2, 0.25) is 0 Å². The van der Waals surface area contributed by atoms with E-state index >= 15 is 0 Å². The molecule has 2 N–H and O–H groups in total. The first-order chi connectivity index (χ1) is 9.64. The Hall–Kier alpha value is -1.30. The van der Waals surface area contributed by atoms with Gasteiger partial charge in [0.15, 0.2) is 0 Å². The van der Waals surface area contributed by atoms with Crippen molar-refractivity contribution in [3.8, 4) is 0 Å². The summed E-state index contributed by atoms with van der Waals surface area (Å²) in [6, 6.07) is -0.0669. The maximum atomic E-state index is 11.9. The maximum Gasteiger partial charge on any atom is 0.317 e. The summed E-state index contributed by atoms with van der Waals surface area (Å²) in [5, 5.41) is 11.6. The molecule has 0 saturated heterocycles. The number of aliphatic carboxylic acids is 1. The van der Waals surface area contributed by atoms with Crippen LogP contribution in [0, 0.1) is 5.41 Å². The van der Waals surface area contributed by atoms with E-state index in [1.807, 2.05) is 27.9 Å². The van der Waals surface area contributed by atoms with Crippen LogP contribution in [0.3, 0.4) is 0 Å². The second-order valence-corrected chi connectivity index (χ2v) is 6.62. The van der Waals surface area contributed by atoms with Gasteiger partial charge in [-0.05, 0) is 45.3 Å². The molecule has 0 aromatic rings. The Morgan fingerprint density at radius 1 is 1.10 bits per heavy atom. The standard InChI is InChI=1S/C15H31N3O3/c1-15(2,8-7-13(19)20)9-10-16-14(21)18(5)12-6-11-17(3)4/h6-12H2,1-5H3,(H,16,21)(H,19,20). The zero-order chi connectivity index (χ0) is 16.5. The highest BCUT2D eigenvalue weighted by molar-refractivity contribution is 5.73. The molecule has 0 fully saturated rings. The summed E-state index contributed by atoms with van der Waals surface area (Å²) in [5.41, 5.74) is -0.0742. The Labute approximate surface area is 128 Å². The summed E-state index contributed by atoms with van der Waals surface area (Å²) in [4.78, 5) is 26.2. The smallest absolute Gasteiger partial charge is 0.317 e. The van der Waals surface area contributed by atoms with Gasteiger partial charge in [-0.25, -0.2) is 4.79 Å². The third kappa shape index (κ3) is 11.1. The second-order valence-electron chi connectivity index (χ2n) is 6.62. The molecule has 21 heavy (non-hydrogen) atoms. The quantitative estimate of drug-likeness (QED) is 0.646. The summed E-state index contributed by atoms with van der Waals surface area (Å²) in [5.74, 6) is -0.771. The minimum Gasteiger partial charge on any atom is -0.481 e. The van der Waals surface area contributed by atoms with E-state index in [9.17, 15) is 9.59 Å². The summed E-state index contributed by atoms with van der Waals surface area (Å²) >= 11 is 0. The summed E-state index contributed by atoms with van der Waals surface area (Å²) in [6.45, 7) is 6.32. The number of nitrogens with zero attached hydrogens (tertiary/aromatic N) is 2. The fourth-order valence-corrected chi connectivity index (χ4v) is 1.94. The number of amides is 2. The number of carboxylic acids is 1. The van der Waals surface area contributed by atoms with Gasteiger partial charge in [-0.2, -0.15) is 0 Å². The number of rotatable bonds is 10. The number of urea groups is 1. The van der Waals surface area contributed by atoms with Crippen molar-refractivity contribution in [3.63, 3.8) is 0 Å². The molecule has 0 heterocycles. The van der Waals surface area contributed by atoms with Crippen LogP contribution in [-0.2, 0) is 4.79 Å². The average molecular weight is 301 g/mol. The Bertz CT molecular complexity index is 330. The van der Waals surface area contributed by atoms with E-state index in [0.29, 0.717) is 13.0 Å². The zero-order valence-electron chi connectivity index (χ0n) is 14.1. The van der Waals surface area contributed by atoms with Gasteiger partial charge in [-0.15, -0.1) is 0 Å². The molecular formula is C15H31N3O3. The molecule has 0 saturated carbocycles. The lowest BCUT2D eigenvalue weighted by Crippen LogP contribution is -2.39. The maximum absolute atomic E-state index is 11.9. The largest absolute Gasteiger partial charge is 0.481 e. The molecule has 6 nitrogen and oxygen atoms in total. The highest BCUT2D eigenvalue weighted by atomic mass is 16.4. The number of carboxylic acid groups (broad SMARTS) is 1. The van der Waals surface area contributed by atoms with Crippen LogP contribution in [0.25, 0.3) is 0 Å². The zero-order valence-corrected chi connectivity index (χ0v) is 14.1. The number of hydrogen-bond donors (Lipinski definition) is 2. The van der Waals surface area contributed by atoms with Crippen LogP contribution in [0.4, 0.5) is 4.79 Å². The van der Waals surface area contributed by atoms with E-state index in [-0.39, 0.29) is 17.9 Å². The molecule has 0 aliphatic heterocycles. The Morgan fingerprint density at radius 3 is 2.24 bits per heavy atom. The summed E-state index contributed by atoms with van der Waals surface area (Å²) < 4.78 is 0. The molecule has 6 heteroatoms. The normalized spacial score (nSPS) is 11.5. The van der Waals surface area contributed by atoms with Crippen LogP contribution < -0.4 is 5.32 Å². The molecule has 124 valence electrons. The SMILES string of the molecule is CN(C)CCCN(C)C(=O)NCCC(C)(C)CCC(=O)O. The van der Waals surface area contributed by atoms with Crippen LogP contribution in [0.15, 0.2) is 0 Å². The molecule has 0 unspecified atom stereocenters. The average Bonchev–Trinajstić information content (AvgIpc) is 2.35. The Kier molecular flexibility index (Phi) is 9.01. The second kappa shape index (κ2) is 9.60. The lowest BCUT2D eigenvalue weighted by molar-refractivity contribution is -0.137. The minimum absolute atomic E-state index is 0.0669. The van der Waals surface area contributed by atoms with E-state index in [1.165, 1.54) is 0 Å². The van der Waals surface area contributed by atoms with Crippen molar-refractivity contribution in [3.05, 3.63) is 0 Å². The molecule has 0 spiro atoms. The first-order valence-electron chi connectivity index (χ1n) is 7.49. The van der Waals surface area contributed by atoms with Crippen molar-refractivity contribution in [1.82, 2.24) is 15.1 Å². The molecule has 2 amide bonds. The van der Waals surface area contributed by atoms with Gasteiger partial charge in [0.25, 0.3) is 0 Å². The van der Waals surface area contributed by atoms with Gasteiger partial charge in [0.2, 0.25) is 0 Å². The third-order valence-corrected chi connectivity index (χ3v) is 3.54. The molecule has 0 aliphatic rings. The minimum atomic E-state index is -0.771. The van der Waals surface area contributed by atoms with Gasteiger partial charge < -0.3 is 20.2 Å². The highest BCUT2D eigenvalue weighted by Gasteiger charge is 2.19. The number of hydrogen-bond acceptors (Lipinski definition) is 3. The molecule has 0 rings (SSSR count). The molecule has 0 radical (unpaired) electrons. The summed E-state index contributed by atoms with van der Waals surface area (Å²) in [7, 11) is 5.82. The van der Waals surface area contributed by atoms with Crippen molar-refractivity contribution in [2.45, 2.75) is 39.5 Å². The van der Waals surface area contributed by atoms with Gasteiger partial charge in [-0.3, -0.25) is 4.79 Å². The van der Waals surface area contributed by atoms with Crippen LogP contribution >= 0.6 is 0 Å². The van der Waals surface area contributed by atoms with Gasteiger partial charge in [0.05, 0.1) is 0 Å². The van der Waals surface area contributed by atoms with Crippen molar-refractivity contribution in [1.29, 1.82) is 0 Å². The number of nitrogens with one attached hydrogen (secondary N) is 1. The van der Waals surface area contributed by atoms with E-state index in [2.05, 4.69) is 10.2 Å². The highest BCUT2D eigenvalue weighted by Crippen LogP contribution is 2.25. The van der Waals surface area contributed by atoms with Gasteiger partial charge in [0, 0.05) is 26.6 Å². The van der Waals surface area contributed by atoms with Crippen molar-refractivity contribution in [2.24, 2.45) is 5.41 Å². The fraction of sp³-hybridized carbons (Fsp3) is 0.867. The monoisotopic (exact) mass is 301 g/mol. The first-order valence-corrected chi connectivity index (χ1v) is 7.49. The first kappa shape index (κ1) is 19.7. The van der Waals surface area contributed by atoms with Crippen LogP contribution in [-0.4, -0.2) is 67.7 Å². The van der Waals surface area contributed by atoms with Crippen LogP contribution in [0.5, 0.6) is 0 Å². The van der Waals surface area contributed by atoms with E-state index in [4.69, 9.17) is 5.11 Å². The summed E-state index contributed by atoms with van der Waals surface area (Å²) in [6.07, 6.45) is 2.51. The van der Waals surface area contributed by atoms with Gasteiger partial charge in [0.1, 0.15) is 0 Å². The van der Waals surface area contributed by atoms with Crippen molar-refractivity contribution in [2.75, 3.05) is 40.8 Å². The molecule has 0 bridgehead atoms. The third-order valence-electron chi connectivity index (χ3n) is 3.54. The van der Waals surface area contributed by atoms with Gasteiger partial charge in [-0.1, -0.05) is 13.8 Å². The van der Waals surface area contributed by atoms with Crippen LogP contribution in [0.1, 0.15) is 39.5 Å². The predicted octanol–water partition coefficient (Wildman–Crippen LogP) is 1.86. The molecule has 0 aromatic heterocycles.